The summed E-state index contributed by atoms with van der Waals surface area (Å²) in [6.45, 7) is 4.03. The molecule has 3 saturated carbocycles. The molecule has 8 atom stereocenters. The van der Waals surface area contributed by atoms with Crippen LogP contribution in [-0.4, -0.2) is 50.0 Å². The molecule has 0 heterocycles. The van der Waals surface area contributed by atoms with Gasteiger partial charge in [-0.15, -0.1) is 0 Å². The number of alkyl halides is 1. The zero-order chi connectivity index (χ0) is 19.8. The van der Waals surface area contributed by atoms with Crippen LogP contribution in [0.5, 0.6) is 0 Å². The predicted molar refractivity (Wildman–Crippen MR) is 103 cm³/mol. The first-order chi connectivity index (χ1) is 12.6. The number of halogens is 1. The lowest BCUT2D eigenvalue weighted by atomic mass is 9.46. The minimum absolute atomic E-state index is 0.00162. The molecule has 0 saturated heterocycles. The Labute approximate surface area is 168 Å². The molecule has 150 valence electrons. The van der Waals surface area contributed by atoms with Gasteiger partial charge in [-0.3, -0.25) is 9.59 Å². The summed E-state index contributed by atoms with van der Waals surface area (Å²) in [5, 5.41) is 32.5. The number of ketones is 2. The van der Waals surface area contributed by atoms with Crippen molar-refractivity contribution in [2.75, 3.05) is 5.33 Å². The van der Waals surface area contributed by atoms with E-state index in [0.717, 1.165) is 18.4 Å². The maximum Gasteiger partial charge on any atom is 0.159 e. The lowest BCUT2D eigenvalue weighted by Gasteiger charge is -2.59. The smallest absolute Gasteiger partial charge is 0.159 e. The van der Waals surface area contributed by atoms with Crippen molar-refractivity contribution in [1.82, 2.24) is 0 Å². The van der Waals surface area contributed by atoms with Gasteiger partial charge in [0.25, 0.3) is 0 Å². The third kappa shape index (κ3) is 2.46. The van der Waals surface area contributed by atoms with Crippen LogP contribution in [0.3, 0.4) is 0 Å². The molecule has 4 aliphatic rings. The van der Waals surface area contributed by atoms with Gasteiger partial charge in [0.2, 0.25) is 0 Å². The minimum atomic E-state index is -1.15. The molecule has 1 unspecified atom stereocenters. The molecule has 4 rings (SSSR count). The van der Waals surface area contributed by atoms with Crippen molar-refractivity contribution in [3.63, 3.8) is 0 Å². The van der Waals surface area contributed by atoms with Gasteiger partial charge in [0, 0.05) is 17.3 Å². The van der Waals surface area contributed by atoms with E-state index in [1.54, 1.807) is 6.08 Å². The first-order valence-corrected chi connectivity index (χ1v) is 11.1. The number of aliphatic hydroxyl groups is 3. The monoisotopic (exact) mass is 440 g/mol. The number of allylic oxidation sites excluding steroid dienone is 1. The van der Waals surface area contributed by atoms with Crippen molar-refractivity contribution in [2.24, 2.45) is 28.6 Å². The highest BCUT2D eigenvalue weighted by atomic mass is 79.9. The van der Waals surface area contributed by atoms with Gasteiger partial charge in [0.1, 0.15) is 5.78 Å². The van der Waals surface area contributed by atoms with E-state index in [2.05, 4.69) is 15.9 Å². The van der Waals surface area contributed by atoms with E-state index in [0.29, 0.717) is 19.3 Å². The van der Waals surface area contributed by atoms with Crippen molar-refractivity contribution in [2.45, 2.75) is 70.2 Å². The fourth-order valence-electron chi connectivity index (χ4n) is 6.98. The van der Waals surface area contributed by atoms with Gasteiger partial charge in [-0.2, -0.15) is 0 Å². The van der Waals surface area contributed by atoms with Gasteiger partial charge >= 0.3 is 0 Å². The van der Waals surface area contributed by atoms with Gasteiger partial charge in [-0.1, -0.05) is 29.8 Å². The van der Waals surface area contributed by atoms with Crippen LogP contribution in [0.25, 0.3) is 0 Å². The summed E-state index contributed by atoms with van der Waals surface area (Å²) in [6, 6.07) is 0. The number of hydrogen-bond acceptors (Lipinski definition) is 5. The quantitative estimate of drug-likeness (QED) is 0.571. The minimum Gasteiger partial charge on any atom is -0.390 e. The molecule has 0 spiro atoms. The molecule has 0 radical (unpaired) electrons. The lowest BCUT2D eigenvalue weighted by Crippen LogP contribution is -2.61. The first kappa shape index (κ1) is 19.7. The van der Waals surface area contributed by atoms with Crippen molar-refractivity contribution in [3.8, 4) is 0 Å². The van der Waals surface area contributed by atoms with E-state index < -0.39 is 28.6 Å². The highest BCUT2D eigenvalue weighted by molar-refractivity contribution is 9.09. The summed E-state index contributed by atoms with van der Waals surface area (Å²) in [6.07, 6.45) is 3.20. The Morgan fingerprint density at radius 3 is 2.56 bits per heavy atom. The SMILES string of the molecule is C[C@]12C[C@H](O)[C@H](O)C[C@H]1C(=O)C=C1C2CC[C@]2(C)[C@@H](C(=O)CBr)CC[C@@]12O. The van der Waals surface area contributed by atoms with Gasteiger partial charge < -0.3 is 15.3 Å². The normalized spacial score (nSPS) is 51.9. The number of carbonyl (C=O) groups excluding carboxylic acids is 2. The highest BCUT2D eigenvalue weighted by Gasteiger charge is 2.67. The van der Waals surface area contributed by atoms with E-state index in [-0.39, 0.29) is 41.1 Å². The topological polar surface area (TPSA) is 94.8 Å². The molecule has 0 bridgehead atoms. The maximum atomic E-state index is 13.0. The number of aliphatic hydroxyl groups excluding tert-OH is 2. The fourth-order valence-corrected chi connectivity index (χ4v) is 7.37. The molecule has 0 aromatic carbocycles. The summed E-state index contributed by atoms with van der Waals surface area (Å²) < 4.78 is 0. The summed E-state index contributed by atoms with van der Waals surface area (Å²) in [4.78, 5) is 25.5. The maximum absolute atomic E-state index is 13.0. The van der Waals surface area contributed by atoms with Crippen LogP contribution in [0.4, 0.5) is 0 Å². The van der Waals surface area contributed by atoms with Gasteiger partial charge in [-0.05, 0) is 61.5 Å². The summed E-state index contributed by atoms with van der Waals surface area (Å²) in [5.74, 6) is -0.460. The Bertz CT molecular complexity index is 719. The summed E-state index contributed by atoms with van der Waals surface area (Å²) >= 11 is 3.28. The molecule has 27 heavy (non-hydrogen) atoms. The van der Waals surface area contributed by atoms with Crippen molar-refractivity contribution >= 4 is 27.5 Å². The summed E-state index contributed by atoms with van der Waals surface area (Å²) in [7, 11) is 0. The lowest BCUT2D eigenvalue weighted by molar-refractivity contribution is -0.153. The molecular weight excluding hydrogens is 412 g/mol. The van der Waals surface area contributed by atoms with Crippen molar-refractivity contribution in [3.05, 3.63) is 11.6 Å². The highest BCUT2D eigenvalue weighted by Crippen LogP contribution is 2.67. The number of hydrogen-bond donors (Lipinski definition) is 3. The molecule has 0 aromatic rings. The van der Waals surface area contributed by atoms with E-state index in [9.17, 15) is 24.9 Å². The second kappa shape index (κ2) is 6.22. The van der Waals surface area contributed by atoms with Crippen LogP contribution >= 0.6 is 15.9 Å². The first-order valence-electron chi connectivity index (χ1n) is 10.0. The van der Waals surface area contributed by atoms with Crippen LogP contribution in [-0.2, 0) is 9.59 Å². The molecular formula is C21H29BrO5. The molecule has 0 aromatic heterocycles. The molecule has 3 fully saturated rings. The Morgan fingerprint density at radius 1 is 1.19 bits per heavy atom. The van der Waals surface area contributed by atoms with Crippen LogP contribution in [0.2, 0.25) is 0 Å². The molecule has 4 aliphatic carbocycles. The number of Topliss-reactive ketones (excluding diaryl/α,β-unsaturated/α-hetero) is 1. The Balaban J connectivity index is 1.78. The number of carbonyl (C=O) groups is 2. The van der Waals surface area contributed by atoms with E-state index in [1.807, 2.05) is 13.8 Å². The second-order valence-corrected chi connectivity index (χ2v) is 10.3. The second-order valence-electron chi connectivity index (χ2n) is 9.70. The third-order valence-corrected chi connectivity index (χ3v) is 9.19. The largest absolute Gasteiger partial charge is 0.390 e. The Kier molecular flexibility index (Phi) is 4.55. The molecule has 0 aliphatic heterocycles. The molecule has 3 N–H and O–H groups in total. The average molecular weight is 441 g/mol. The predicted octanol–water partition coefficient (Wildman–Crippen LogP) is 2.16. The Morgan fingerprint density at radius 2 is 1.89 bits per heavy atom. The van der Waals surface area contributed by atoms with Crippen LogP contribution < -0.4 is 0 Å². The number of rotatable bonds is 2. The fraction of sp³-hybridized carbons (Fsp3) is 0.810. The molecule has 6 heteroatoms. The molecule has 0 amide bonds. The average Bonchev–Trinajstić information content (AvgIpc) is 2.89. The van der Waals surface area contributed by atoms with Crippen molar-refractivity contribution in [1.29, 1.82) is 0 Å². The molecule has 5 nitrogen and oxygen atoms in total. The van der Waals surface area contributed by atoms with E-state index >= 15 is 0 Å². The van der Waals surface area contributed by atoms with Crippen molar-refractivity contribution < 1.29 is 24.9 Å². The van der Waals surface area contributed by atoms with Gasteiger partial charge in [0.05, 0.1) is 23.1 Å². The van der Waals surface area contributed by atoms with Crippen LogP contribution in [0.15, 0.2) is 11.6 Å². The van der Waals surface area contributed by atoms with Crippen LogP contribution in [0, 0.1) is 28.6 Å². The zero-order valence-electron chi connectivity index (χ0n) is 15.9. The van der Waals surface area contributed by atoms with E-state index in [4.69, 9.17) is 0 Å². The summed E-state index contributed by atoms with van der Waals surface area (Å²) in [5.41, 5.74) is -1.40. The van der Waals surface area contributed by atoms with Gasteiger partial charge in [0.15, 0.2) is 5.78 Å². The standard InChI is InChI=1S/C21H29BrO5/c1-19-9-17(25)16(24)8-14(19)15(23)7-13-11(19)3-5-20(2)12(18(26)10-22)4-6-21(13,20)27/h7,11-12,14,16-17,24-25,27H,3-6,8-10H2,1-2H3/t11?,12-,14+,16-,17+,19-,20-,21-/m1/s1. The third-order valence-electron chi connectivity index (χ3n) is 8.64. The Hall–Kier alpha value is -0.560. The van der Waals surface area contributed by atoms with Crippen LogP contribution in [0.1, 0.15) is 52.4 Å². The zero-order valence-corrected chi connectivity index (χ0v) is 17.5. The van der Waals surface area contributed by atoms with Gasteiger partial charge in [-0.25, -0.2) is 0 Å². The van der Waals surface area contributed by atoms with E-state index in [1.165, 1.54) is 0 Å². The number of fused-ring (bicyclic) bond motifs is 5.